The molecule has 0 aliphatic carbocycles. The largest absolute Gasteiger partial charge is 0.462 e. The summed E-state index contributed by atoms with van der Waals surface area (Å²) in [4.78, 5) is 20.8. The van der Waals surface area contributed by atoms with Gasteiger partial charge in [0.2, 0.25) is 5.95 Å². The van der Waals surface area contributed by atoms with Crippen LogP contribution in [0.3, 0.4) is 0 Å². The maximum absolute atomic E-state index is 11.9. The van der Waals surface area contributed by atoms with Crippen LogP contribution < -0.4 is 5.32 Å². The number of hydrogen-bond donors (Lipinski definition) is 1. The molecule has 0 atom stereocenters. The summed E-state index contributed by atoms with van der Waals surface area (Å²) in [5.41, 5.74) is 3.44. The Kier molecular flexibility index (Phi) is 4.12. The Morgan fingerprint density at radius 1 is 1.23 bits per heavy atom. The number of nitrogens with one attached hydrogen (secondary N) is 1. The molecule has 2 heterocycles. The number of fused-ring (bicyclic) bond motifs is 2. The van der Waals surface area contributed by atoms with Gasteiger partial charge in [0, 0.05) is 11.5 Å². The number of hydrogen-bond acceptors (Lipinski definition) is 6. The van der Waals surface area contributed by atoms with Gasteiger partial charge in [0.05, 0.1) is 23.2 Å². The van der Waals surface area contributed by atoms with E-state index < -0.39 is 0 Å². The van der Waals surface area contributed by atoms with Crippen LogP contribution in [0, 0.1) is 0 Å². The molecule has 0 radical (unpaired) electrons. The first-order chi connectivity index (χ1) is 12.5. The first-order valence-corrected chi connectivity index (χ1v) is 8.81. The van der Waals surface area contributed by atoms with Crippen LogP contribution in [-0.2, 0) is 11.8 Å². The highest BCUT2D eigenvalue weighted by molar-refractivity contribution is 9.10. The van der Waals surface area contributed by atoms with E-state index in [1.807, 2.05) is 35.9 Å². The molecule has 0 fully saturated rings. The molecule has 0 aliphatic heterocycles. The Bertz CT molecular complexity index is 1130. The van der Waals surface area contributed by atoms with E-state index in [-0.39, 0.29) is 5.97 Å². The second kappa shape index (κ2) is 6.45. The minimum atomic E-state index is -0.362. The van der Waals surface area contributed by atoms with E-state index in [1.165, 1.54) is 0 Å². The fraction of sp³-hybridized carbons (Fsp3) is 0.167. The summed E-state index contributed by atoms with van der Waals surface area (Å²) < 4.78 is 13.5. The number of halogens is 1. The van der Waals surface area contributed by atoms with Crippen molar-refractivity contribution in [3.63, 3.8) is 0 Å². The second-order valence-electron chi connectivity index (χ2n) is 5.67. The Balaban J connectivity index is 1.69. The van der Waals surface area contributed by atoms with Gasteiger partial charge in [-0.15, -0.1) is 0 Å². The maximum Gasteiger partial charge on any atom is 0.338 e. The number of ether oxygens (including phenoxy) is 1. The zero-order chi connectivity index (χ0) is 18.3. The number of benzene rings is 2. The van der Waals surface area contributed by atoms with Crippen LogP contribution in [0.2, 0.25) is 0 Å². The smallest absolute Gasteiger partial charge is 0.338 e. The summed E-state index contributed by atoms with van der Waals surface area (Å²) >= 11 is 3.41. The van der Waals surface area contributed by atoms with Crippen LogP contribution in [0.25, 0.3) is 22.1 Å². The van der Waals surface area contributed by atoms with Gasteiger partial charge in [-0.05, 0) is 43.3 Å². The van der Waals surface area contributed by atoms with Crippen LogP contribution in [0.1, 0.15) is 17.3 Å². The molecule has 7 nitrogen and oxygen atoms in total. The SMILES string of the molecule is CCOC(=O)c1ccc2c(c1)nc(Nc1nc3ccc(Br)cc3o1)n2C. The highest BCUT2D eigenvalue weighted by Gasteiger charge is 2.14. The number of oxazole rings is 1. The molecule has 2 aromatic carbocycles. The van der Waals surface area contributed by atoms with Crippen LogP contribution in [0.5, 0.6) is 0 Å². The number of aromatic nitrogens is 3. The van der Waals surface area contributed by atoms with Gasteiger partial charge >= 0.3 is 12.0 Å². The number of nitrogens with zero attached hydrogens (tertiary/aromatic N) is 3. The molecule has 1 N–H and O–H groups in total. The Labute approximate surface area is 157 Å². The third-order valence-electron chi connectivity index (χ3n) is 3.96. The molecule has 0 aliphatic rings. The predicted molar refractivity (Wildman–Crippen MR) is 102 cm³/mol. The van der Waals surface area contributed by atoms with E-state index in [9.17, 15) is 4.79 Å². The Morgan fingerprint density at radius 2 is 2.08 bits per heavy atom. The van der Waals surface area contributed by atoms with Crippen molar-refractivity contribution in [2.24, 2.45) is 7.05 Å². The van der Waals surface area contributed by atoms with Crippen molar-refractivity contribution in [3.05, 3.63) is 46.4 Å². The van der Waals surface area contributed by atoms with Crippen LogP contribution in [0.4, 0.5) is 12.0 Å². The van der Waals surface area contributed by atoms with Crippen LogP contribution in [0.15, 0.2) is 45.3 Å². The van der Waals surface area contributed by atoms with E-state index in [4.69, 9.17) is 9.15 Å². The maximum atomic E-state index is 11.9. The van der Waals surface area contributed by atoms with E-state index in [0.717, 1.165) is 15.5 Å². The minimum absolute atomic E-state index is 0.333. The Hall–Kier alpha value is -2.87. The van der Waals surface area contributed by atoms with Gasteiger partial charge < -0.3 is 13.7 Å². The van der Waals surface area contributed by atoms with Gasteiger partial charge in [-0.1, -0.05) is 15.9 Å². The standard InChI is InChI=1S/C18H15BrN4O3/c1-3-25-16(24)10-4-7-14-13(8-10)20-17(23(14)2)22-18-21-12-6-5-11(19)9-15(12)26-18/h4-9H,3H2,1-2H3,(H,20,21,22). The predicted octanol–water partition coefficient (Wildman–Crippen LogP) is 4.40. The quantitative estimate of drug-likeness (QED) is 0.498. The summed E-state index contributed by atoms with van der Waals surface area (Å²) in [7, 11) is 1.88. The summed E-state index contributed by atoms with van der Waals surface area (Å²) in [6, 6.07) is 11.2. The minimum Gasteiger partial charge on any atom is -0.462 e. The van der Waals surface area contributed by atoms with Crippen molar-refractivity contribution in [2.45, 2.75) is 6.92 Å². The molecule has 4 aromatic rings. The lowest BCUT2D eigenvalue weighted by atomic mass is 10.2. The Morgan fingerprint density at radius 3 is 2.88 bits per heavy atom. The molecule has 0 saturated heterocycles. The fourth-order valence-electron chi connectivity index (χ4n) is 2.70. The second-order valence-corrected chi connectivity index (χ2v) is 6.59. The number of aryl methyl sites for hydroxylation is 1. The van der Waals surface area contributed by atoms with E-state index in [0.29, 0.717) is 35.2 Å². The average molecular weight is 415 g/mol. The van der Waals surface area contributed by atoms with Gasteiger partial charge in [-0.25, -0.2) is 9.78 Å². The fourth-order valence-corrected chi connectivity index (χ4v) is 3.04. The zero-order valence-corrected chi connectivity index (χ0v) is 15.7. The van der Waals surface area contributed by atoms with E-state index in [1.54, 1.807) is 19.1 Å². The zero-order valence-electron chi connectivity index (χ0n) is 14.1. The molecule has 2 aromatic heterocycles. The molecular weight excluding hydrogens is 400 g/mol. The van der Waals surface area contributed by atoms with Crippen molar-refractivity contribution in [1.82, 2.24) is 14.5 Å². The summed E-state index contributed by atoms with van der Waals surface area (Å²) in [6.07, 6.45) is 0. The van der Waals surface area contributed by atoms with Gasteiger partial charge in [0.15, 0.2) is 5.58 Å². The van der Waals surface area contributed by atoms with Crippen molar-refractivity contribution in [3.8, 4) is 0 Å². The monoisotopic (exact) mass is 414 g/mol. The van der Waals surface area contributed by atoms with Crippen LogP contribution >= 0.6 is 15.9 Å². The molecule has 4 rings (SSSR count). The molecule has 132 valence electrons. The number of rotatable bonds is 4. The van der Waals surface area contributed by atoms with Crippen molar-refractivity contribution >= 4 is 56.0 Å². The number of carbonyl (C=O) groups is 1. The van der Waals surface area contributed by atoms with Gasteiger partial charge in [0.1, 0.15) is 5.52 Å². The first kappa shape index (κ1) is 16.6. The van der Waals surface area contributed by atoms with Gasteiger partial charge in [0.25, 0.3) is 0 Å². The third-order valence-corrected chi connectivity index (χ3v) is 4.45. The van der Waals surface area contributed by atoms with Crippen LogP contribution in [-0.4, -0.2) is 27.1 Å². The molecule has 26 heavy (non-hydrogen) atoms. The van der Waals surface area contributed by atoms with Crippen molar-refractivity contribution < 1.29 is 13.9 Å². The van der Waals surface area contributed by atoms with Gasteiger partial charge in [-0.3, -0.25) is 5.32 Å². The molecular formula is C18H15BrN4O3. The van der Waals surface area contributed by atoms with E-state index in [2.05, 4.69) is 31.2 Å². The summed E-state index contributed by atoms with van der Waals surface area (Å²) in [6.45, 7) is 2.11. The normalized spacial score (nSPS) is 11.2. The molecule has 0 spiro atoms. The number of esters is 1. The lowest BCUT2D eigenvalue weighted by Crippen LogP contribution is -2.04. The number of carbonyl (C=O) groups excluding carboxylic acids is 1. The van der Waals surface area contributed by atoms with Gasteiger partial charge in [-0.2, -0.15) is 4.98 Å². The lowest BCUT2D eigenvalue weighted by molar-refractivity contribution is 0.0526. The summed E-state index contributed by atoms with van der Waals surface area (Å²) in [5, 5.41) is 3.09. The molecule has 0 bridgehead atoms. The number of imidazole rings is 1. The third kappa shape index (κ3) is 2.92. The summed E-state index contributed by atoms with van der Waals surface area (Å²) in [5.74, 6) is 0.200. The van der Waals surface area contributed by atoms with E-state index >= 15 is 0 Å². The highest BCUT2D eigenvalue weighted by atomic mass is 79.9. The van der Waals surface area contributed by atoms with Crippen molar-refractivity contribution in [1.29, 1.82) is 0 Å². The first-order valence-electron chi connectivity index (χ1n) is 8.02. The average Bonchev–Trinajstić information content (AvgIpc) is 3.15. The lowest BCUT2D eigenvalue weighted by Gasteiger charge is -2.02. The molecule has 0 saturated carbocycles. The topological polar surface area (TPSA) is 82.2 Å². The molecule has 0 unspecified atom stereocenters. The number of anilines is 2. The molecule has 8 heteroatoms. The highest BCUT2D eigenvalue weighted by Crippen LogP contribution is 2.26. The van der Waals surface area contributed by atoms with Crippen molar-refractivity contribution in [2.75, 3.05) is 11.9 Å². The molecule has 0 amide bonds.